The van der Waals surface area contributed by atoms with Crippen molar-refractivity contribution in [3.63, 3.8) is 0 Å². The zero-order valence-corrected chi connectivity index (χ0v) is 12.3. The van der Waals surface area contributed by atoms with Gasteiger partial charge in [0.15, 0.2) is 0 Å². The average Bonchev–Trinajstić information content (AvgIpc) is 3.13. The van der Waals surface area contributed by atoms with Gasteiger partial charge in [0, 0.05) is 18.0 Å². The highest BCUT2D eigenvalue weighted by Gasteiger charge is 2.23. The standard InChI is InChI=1S/C16H15N3OS/c20-16(10-12-4-3-9-21-12)18-7-8-19-14-6-2-1-5-13(14)17-15(19)11-18/h1-6,9H,7-8,10-11H2. The molecular formula is C16H15N3OS. The number of nitrogens with zero attached hydrogens (tertiary/aromatic N) is 3. The third-order valence-electron chi connectivity index (χ3n) is 3.92. The quantitative estimate of drug-likeness (QED) is 0.729. The van der Waals surface area contributed by atoms with Crippen LogP contribution in [0.1, 0.15) is 10.7 Å². The molecule has 0 N–H and O–H groups in total. The maximum Gasteiger partial charge on any atom is 0.228 e. The minimum atomic E-state index is 0.191. The Morgan fingerprint density at radius 1 is 1.19 bits per heavy atom. The molecule has 0 atom stereocenters. The second kappa shape index (κ2) is 5.00. The number of fused-ring (bicyclic) bond motifs is 3. The molecule has 3 aromatic rings. The van der Waals surface area contributed by atoms with Crippen LogP contribution in [0.5, 0.6) is 0 Å². The van der Waals surface area contributed by atoms with Crippen LogP contribution in [-0.4, -0.2) is 26.9 Å². The van der Waals surface area contributed by atoms with E-state index in [1.54, 1.807) is 11.3 Å². The molecule has 1 aromatic carbocycles. The highest BCUT2D eigenvalue weighted by atomic mass is 32.1. The number of thiophene rings is 1. The Morgan fingerprint density at radius 2 is 2.10 bits per heavy atom. The fraction of sp³-hybridized carbons (Fsp3) is 0.250. The molecule has 1 amide bonds. The van der Waals surface area contributed by atoms with Crippen LogP contribution in [0.4, 0.5) is 0 Å². The monoisotopic (exact) mass is 297 g/mol. The summed E-state index contributed by atoms with van der Waals surface area (Å²) >= 11 is 1.64. The number of imidazole rings is 1. The van der Waals surface area contributed by atoms with E-state index in [4.69, 9.17) is 0 Å². The van der Waals surface area contributed by atoms with Crippen molar-refractivity contribution in [1.29, 1.82) is 0 Å². The van der Waals surface area contributed by atoms with Crippen molar-refractivity contribution in [2.24, 2.45) is 0 Å². The first-order chi connectivity index (χ1) is 10.3. The second-order valence-electron chi connectivity index (χ2n) is 5.24. The lowest BCUT2D eigenvalue weighted by atomic mass is 10.2. The van der Waals surface area contributed by atoms with E-state index in [1.807, 2.05) is 40.6 Å². The van der Waals surface area contributed by atoms with Gasteiger partial charge in [-0.05, 0) is 23.6 Å². The first-order valence-corrected chi connectivity index (χ1v) is 7.93. The predicted molar refractivity (Wildman–Crippen MR) is 83.2 cm³/mol. The summed E-state index contributed by atoms with van der Waals surface area (Å²) in [5.74, 6) is 1.18. The van der Waals surface area contributed by atoms with E-state index < -0.39 is 0 Å². The normalized spacial score (nSPS) is 14.4. The SMILES string of the molecule is O=C(Cc1cccs1)N1CCn2c(nc3ccccc32)C1. The van der Waals surface area contributed by atoms with Crippen LogP contribution in [0, 0.1) is 0 Å². The Bertz CT molecular complexity index is 791. The van der Waals surface area contributed by atoms with Crippen LogP contribution in [0.15, 0.2) is 41.8 Å². The topological polar surface area (TPSA) is 38.1 Å². The number of hydrogen-bond acceptors (Lipinski definition) is 3. The largest absolute Gasteiger partial charge is 0.333 e. The molecule has 5 heteroatoms. The van der Waals surface area contributed by atoms with Gasteiger partial charge in [0.05, 0.1) is 24.0 Å². The van der Waals surface area contributed by atoms with Gasteiger partial charge >= 0.3 is 0 Å². The van der Waals surface area contributed by atoms with Gasteiger partial charge in [0.1, 0.15) is 5.82 Å². The molecule has 4 nitrogen and oxygen atoms in total. The van der Waals surface area contributed by atoms with E-state index in [0.29, 0.717) is 13.0 Å². The van der Waals surface area contributed by atoms with Gasteiger partial charge in [-0.15, -0.1) is 11.3 Å². The average molecular weight is 297 g/mol. The summed E-state index contributed by atoms with van der Waals surface area (Å²) in [4.78, 5) is 20.1. The molecule has 0 radical (unpaired) electrons. The number of aromatic nitrogens is 2. The van der Waals surface area contributed by atoms with Crippen molar-refractivity contribution in [1.82, 2.24) is 14.5 Å². The molecule has 0 fully saturated rings. The van der Waals surface area contributed by atoms with Crippen LogP contribution in [-0.2, 0) is 24.3 Å². The van der Waals surface area contributed by atoms with Crippen molar-refractivity contribution in [2.75, 3.05) is 6.54 Å². The lowest BCUT2D eigenvalue weighted by Gasteiger charge is -2.28. The third kappa shape index (κ3) is 2.23. The highest BCUT2D eigenvalue weighted by molar-refractivity contribution is 7.10. The summed E-state index contributed by atoms with van der Waals surface area (Å²) in [6.07, 6.45) is 0.498. The Hall–Kier alpha value is -2.14. The van der Waals surface area contributed by atoms with Gasteiger partial charge in [-0.2, -0.15) is 0 Å². The Kier molecular flexibility index (Phi) is 3.00. The minimum Gasteiger partial charge on any atom is -0.333 e. The summed E-state index contributed by atoms with van der Waals surface area (Å²) in [6.45, 7) is 2.20. The van der Waals surface area contributed by atoms with E-state index in [-0.39, 0.29) is 5.91 Å². The van der Waals surface area contributed by atoms with E-state index in [9.17, 15) is 4.79 Å². The fourth-order valence-corrected chi connectivity index (χ4v) is 3.55. The molecule has 0 spiro atoms. The van der Waals surface area contributed by atoms with E-state index in [1.165, 1.54) is 0 Å². The Balaban J connectivity index is 1.57. The minimum absolute atomic E-state index is 0.191. The molecule has 1 aliphatic heterocycles. The van der Waals surface area contributed by atoms with Crippen LogP contribution < -0.4 is 0 Å². The van der Waals surface area contributed by atoms with Crippen LogP contribution in [0.2, 0.25) is 0 Å². The fourth-order valence-electron chi connectivity index (χ4n) is 2.85. The van der Waals surface area contributed by atoms with E-state index in [0.717, 1.165) is 34.8 Å². The van der Waals surface area contributed by atoms with Crippen molar-refractivity contribution in [3.05, 3.63) is 52.5 Å². The predicted octanol–water partition coefficient (Wildman–Crippen LogP) is 2.68. The van der Waals surface area contributed by atoms with Crippen LogP contribution in [0.3, 0.4) is 0 Å². The molecule has 0 saturated heterocycles. The van der Waals surface area contributed by atoms with Crippen molar-refractivity contribution < 1.29 is 4.79 Å². The van der Waals surface area contributed by atoms with Gasteiger partial charge in [-0.1, -0.05) is 18.2 Å². The molecule has 0 unspecified atom stereocenters. The lowest BCUT2D eigenvalue weighted by Crippen LogP contribution is -2.39. The van der Waals surface area contributed by atoms with Crippen molar-refractivity contribution in [3.8, 4) is 0 Å². The maximum atomic E-state index is 12.4. The molecule has 2 aromatic heterocycles. The van der Waals surface area contributed by atoms with Crippen LogP contribution in [0.25, 0.3) is 11.0 Å². The second-order valence-corrected chi connectivity index (χ2v) is 6.27. The zero-order valence-electron chi connectivity index (χ0n) is 11.5. The third-order valence-corrected chi connectivity index (χ3v) is 4.79. The molecule has 21 heavy (non-hydrogen) atoms. The summed E-state index contributed by atoms with van der Waals surface area (Å²) in [5.41, 5.74) is 2.18. The number of carbonyl (C=O) groups is 1. The summed E-state index contributed by atoms with van der Waals surface area (Å²) in [6, 6.07) is 12.2. The Labute approximate surface area is 126 Å². The van der Waals surface area contributed by atoms with Gasteiger partial charge in [-0.25, -0.2) is 4.98 Å². The van der Waals surface area contributed by atoms with Crippen molar-refractivity contribution >= 4 is 28.3 Å². The first-order valence-electron chi connectivity index (χ1n) is 7.05. The zero-order chi connectivity index (χ0) is 14.2. The molecule has 0 bridgehead atoms. The number of hydrogen-bond donors (Lipinski definition) is 0. The number of amides is 1. The number of rotatable bonds is 2. The maximum absolute atomic E-state index is 12.4. The molecule has 3 heterocycles. The van der Waals surface area contributed by atoms with E-state index >= 15 is 0 Å². The number of benzene rings is 1. The van der Waals surface area contributed by atoms with E-state index in [2.05, 4.69) is 15.6 Å². The van der Waals surface area contributed by atoms with Gasteiger partial charge in [-0.3, -0.25) is 4.79 Å². The Morgan fingerprint density at radius 3 is 2.95 bits per heavy atom. The lowest BCUT2D eigenvalue weighted by molar-refractivity contribution is -0.131. The summed E-state index contributed by atoms with van der Waals surface area (Å²) in [7, 11) is 0. The molecular weight excluding hydrogens is 282 g/mol. The van der Waals surface area contributed by atoms with Crippen LogP contribution >= 0.6 is 11.3 Å². The molecule has 0 saturated carbocycles. The summed E-state index contributed by atoms with van der Waals surface area (Å²) < 4.78 is 2.23. The molecule has 1 aliphatic rings. The number of para-hydroxylation sites is 2. The molecule has 0 aliphatic carbocycles. The van der Waals surface area contributed by atoms with Gasteiger partial charge in [0.25, 0.3) is 0 Å². The van der Waals surface area contributed by atoms with Gasteiger partial charge < -0.3 is 9.47 Å². The van der Waals surface area contributed by atoms with Gasteiger partial charge in [0.2, 0.25) is 5.91 Å². The number of carbonyl (C=O) groups excluding carboxylic acids is 1. The molecule has 4 rings (SSSR count). The highest BCUT2D eigenvalue weighted by Crippen LogP contribution is 2.21. The smallest absolute Gasteiger partial charge is 0.228 e. The summed E-state index contributed by atoms with van der Waals surface area (Å²) in [5, 5.41) is 2.01. The first kappa shape index (κ1) is 12.6. The molecule has 106 valence electrons. The van der Waals surface area contributed by atoms with Crippen molar-refractivity contribution in [2.45, 2.75) is 19.5 Å².